The van der Waals surface area contributed by atoms with E-state index in [0.717, 1.165) is 13.0 Å². The second kappa shape index (κ2) is 3.34. The van der Waals surface area contributed by atoms with Gasteiger partial charge in [0, 0.05) is 0 Å². The first-order valence-corrected chi connectivity index (χ1v) is 3.10. The van der Waals surface area contributed by atoms with E-state index in [4.69, 9.17) is 5.11 Å². The fraction of sp³-hybridized carbons (Fsp3) is 0.571. The molecule has 0 saturated heterocycles. The van der Waals surface area contributed by atoms with Crippen LogP contribution in [0.3, 0.4) is 0 Å². The third kappa shape index (κ3) is 2.62. The van der Waals surface area contributed by atoms with Crippen LogP contribution in [0, 0.1) is 0 Å². The highest BCUT2D eigenvalue weighted by Gasteiger charge is 2.28. The number of carbonyl (C=O) groups is 1. The van der Waals surface area contributed by atoms with Crippen molar-refractivity contribution in [3.63, 3.8) is 0 Å². The number of aliphatic carboxylic acids is 1. The smallest absolute Gasteiger partial charge is 0.345 e. The quantitative estimate of drug-likeness (QED) is 0.616. The minimum absolute atomic E-state index is 0.646. The third-order valence-corrected chi connectivity index (χ3v) is 1.08. The van der Waals surface area contributed by atoms with Crippen LogP contribution in [0.5, 0.6) is 0 Å². The van der Waals surface area contributed by atoms with Crippen LogP contribution >= 0.6 is 0 Å². The van der Waals surface area contributed by atoms with E-state index in [9.17, 15) is 9.18 Å². The van der Waals surface area contributed by atoms with Gasteiger partial charge in [0.15, 0.2) is 0 Å². The van der Waals surface area contributed by atoms with E-state index in [0.29, 0.717) is 6.42 Å². The molecule has 0 spiro atoms. The van der Waals surface area contributed by atoms with Gasteiger partial charge in [-0.3, -0.25) is 0 Å². The molecule has 0 fully saturated rings. The molecule has 0 aromatic rings. The first-order chi connectivity index (χ1) is 4.50. The summed E-state index contributed by atoms with van der Waals surface area (Å²) in [5.74, 6) is -1.45. The van der Waals surface area contributed by atoms with Gasteiger partial charge in [0.05, 0.1) is 0 Å². The fourth-order valence-corrected chi connectivity index (χ4v) is 0.410. The van der Waals surface area contributed by atoms with Crippen molar-refractivity contribution in [2.45, 2.75) is 25.9 Å². The Labute approximate surface area is 59.4 Å². The van der Waals surface area contributed by atoms with Crippen molar-refractivity contribution in [3.05, 3.63) is 12.2 Å². The Hall–Kier alpha value is -0.860. The molecule has 0 radical (unpaired) electrons. The monoisotopic (exact) mass is 146 g/mol. The lowest BCUT2D eigenvalue weighted by molar-refractivity contribution is -0.146. The zero-order chi connectivity index (χ0) is 8.20. The maximum atomic E-state index is 12.7. The lowest BCUT2D eigenvalue weighted by Gasteiger charge is -2.07. The number of hydrogen-bond acceptors (Lipinski definition) is 1. The highest BCUT2D eigenvalue weighted by Crippen LogP contribution is 2.11. The molecule has 1 atom stereocenters. The largest absolute Gasteiger partial charge is 0.479 e. The van der Waals surface area contributed by atoms with Crippen LogP contribution in [-0.4, -0.2) is 16.7 Å². The summed E-state index contributed by atoms with van der Waals surface area (Å²) in [7, 11) is 0. The average Bonchev–Trinajstić information content (AvgIpc) is 1.84. The zero-order valence-corrected chi connectivity index (χ0v) is 6.10. The van der Waals surface area contributed by atoms with Gasteiger partial charge in [-0.2, -0.15) is 0 Å². The predicted molar refractivity (Wildman–Crippen MR) is 36.6 cm³/mol. The van der Waals surface area contributed by atoms with Crippen LogP contribution in [0.25, 0.3) is 0 Å². The van der Waals surface area contributed by atoms with Gasteiger partial charge in [0.25, 0.3) is 0 Å². The Bertz CT molecular complexity index is 150. The van der Waals surface area contributed by atoms with E-state index >= 15 is 0 Å². The van der Waals surface area contributed by atoms with Crippen molar-refractivity contribution in [2.24, 2.45) is 0 Å². The van der Waals surface area contributed by atoms with Crippen molar-refractivity contribution < 1.29 is 14.3 Å². The van der Waals surface area contributed by atoms with Crippen LogP contribution in [0.4, 0.5) is 4.39 Å². The van der Waals surface area contributed by atoms with Crippen molar-refractivity contribution in [1.29, 1.82) is 0 Å². The molecule has 1 unspecified atom stereocenters. The van der Waals surface area contributed by atoms with Crippen molar-refractivity contribution in [3.8, 4) is 0 Å². The van der Waals surface area contributed by atoms with Gasteiger partial charge in [0.1, 0.15) is 0 Å². The summed E-state index contributed by atoms with van der Waals surface area (Å²) in [5, 5.41) is 8.24. The fourth-order valence-electron chi connectivity index (χ4n) is 0.410. The Morgan fingerprint density at radius 2 is 2.30 bits per heavy atom. The minimum Gasteiger partial charge on any atom is -0.479 e. The Morgan fingerprint density at radius 1 is 1.80 bits per heavy atom. The van der Waals surface area contributed by atoms with Gasteiger partial charge < -0.3 is 5.11 Å². The second-order valence-corrected chi connectivity index (χ2v) is 2.19. The molecule has 0 amide bonds. The van der Waals surface area contributed by atoms with Gasteiger partial charge in [-0.15, -0.1) is 0 Å². The lowest BCUT2D eigenvalue weighted by atomic mass is 10.1. The zero-order valence-electron chi connectivity index (χ0n) is 6.10. The van der Waals surface area contributed by atoms with Gasteiger partial charge in [-0.05, 0) is 19.4 Å². The molecular weight excluding hydrogens is 135 g/mol. The molecule has 0 saturated carbocycles. The van der Waals surface area contributed by atoms with E-state index in [1.165, 1.54) is 6.08 Å². The summed E-state index contributed by atoms with van der Waals surface area (Å²) in [6.45, 7) is 2.83. The molecule has 2 nitrogen and oxygen atoms in total. The number of alkyl halides is 1. The summed E-state index contributed by atoms with van der Waals surface area (Å²) in [4.78, 5) is 10.1. The number of rotatable bonds is 3. The molecule has 0 rings (SSSR count). The maximum Gasteiger partial charge on any atom is 0.345 e. The molecule has 0 aromatic carbocycles. The molecular formula is C7H11FO2. The van der Waals surface area contributed by atoms with Crippen molar-refractivity contribution >= 4 is 5.97 Å². The molecule has 0 aliphatic rings. The number of halogens is 1. The topological polar surface area (TPSA) is 37.3 Å². The molecule has 0 aliphatic heterocycles. The normalized spacial score (nSPS) is 17.1. The molecule has 0 aromatic heterocycles. The van der Waals surface area contributed by atoms with Crippen LogP contribution < -0.4 is 0 Å². The van der Waals surface area contributed by atoms with Crippen LogP contribution in [0.1, 0.15) is 20.3 Å². The number of carboxylic acids is 1. The van der Waals surface area contributed by atoms with Gasteiger partial charge in [0.2, 0.25) is 5.67 Å². The van der Waals surface area contributed by atoms with Crippen molar-refractivity contribution in [1.82, 2.24) is 0 Å². The lowest BCUT2D eigenvalue weighted by Crippen LogP contribution is -2.26. The maximum absolute atomic E-state index is 12.7. The van der Waals surface area contributed by atoms with E-state index in [1.807, 2.05) is 6.92 Å². The molecule has 0 aliphatic carbocycles. The van der Waals surface area contributed by atoms with E-state index < -0.39 is 11.6 Å². The Kier molecular flexibility index (Phi) is 3.06. The summed E-state index contributed by atoms with van der Waals surface area (Å²) in [6.07, 6.45) is 3.19. The molecule has 58 valence electrons. The van der Waals surface area contributed by atoms with Crippen LogP contribution in [0.2, 0.25) is 0 Å². The van der Waals surface area contributed by atoms with E-state index in [1.54, 1.807) is 0 Å². The van der Waals surface area contributed by atoms with Crippen LogP contribution in [0.15, 0.2) is 12.2 Å². The van der Waals surface area contributed by atoms with Crippen LogP contribution in [-0.2, 0) is 4.79 Å². The summed E-state index contributed by atoms with van der Waals surface area (Å²) in [5.41, 5.74) is -2.21. The third-order valence-electron chi connectivity index (χ3n) is 1.08. The first-order valence-electron chi connectivity index (χ1n) is 3.10. The summed E-state index contributed by atoms with van der Waals surface area (Å²) in [6, 6.07) is 0. The number of carboxylic acid groups (broad SMARTS) is 1. The van der Waals surface area contributed by atoms with E-state index in [2.05, 4.69) is 0 Å². The molecule has 10 heavy (non-hydrogen) atoms. The molecule has 1 N–H and O–H groups in total. The van der Waals surface area contributed by atoms with Gasteiger partial charge in [-0.1, -0.05) is 13.0 Å². The van der Waals surface area contributed by atoms with Crippen molar-refractivity contribution in [2.75, 3.05) is 0 Å². The summed E-state index contributed by atoms with van der Waals surface area (Å²) < 4.78 is 12.7. The Balaban J connectivity index is 4.12. The summed E-state index contributed by atoms with van der Waals surface area (Å²) >= 11 is 0. The molecule has 3 heteroatoms. The molecule has 0 heterocycles. The highest BCUT2D eigenvalue weighted by molar-refractivity contribution is 5.79. The minimum atomic E-state index is -2.21. The van der Waals surface area contributed by atoms with Gasteiger partial charge >= 0.3 is 5.97 Å². The molecule has 0 bridgehead atoms. The first kappa shape index (κ1) is 9.14. The van der Waals surface area contributed by atoms with E-state index in [-0.39, 0.29) is 0 Å². The average molecular weight is 146 g/mol. The Morgan fingerprint density at radius 3 is 2.60 bits per heavy atom. The SMILES string of the molecule is CCC=CC(C)(F)C(=O)O. The highest BCUT2D eigenvalue weighted by atomic mass is 19.1. The number of hydrogen-bond donors (Lipinski definition) is 1. The number of allylic oxidation sites excluding steroid dienone is 1. The van der Waals surface area contributed by atoms with Gasteiger partial charge in [-0.25, -0.2) is 9.18 Å². The second-order valence-electron chi connectivity index (χ2n) is 2.19. The predicted octanol–water partition coefficient (Wildman–Crippen LogP) is 1.77. The standard InChI is InChI=1S/C7H11FO2/c1-3-4-5-7(2,8)6(9)10/h4-5H,3H2,1-2H3,(H,9,10).